The second kappa shape index (κ2) is 7.44. The number of aliphatic hydroxyl groups is 1. The smallest absolute Gasteiger partial charge is 0.221 e. The van der Waals surface area contributed by atoms with Crippen molar-refractivity contribution >= 4 is 16.8 Å². The van der Waals surface area contributed by atoms with E-state index in [4.69, 9.17) is 0 Å². The lowest BCUT2D eigenvalue weighted by Crippen LogP contribution is -2.29. The van der Waals surface area contributed by atoms with Gasteiger partial charge in [-0.1, -0.05) is 24.3 Å². The fraction of sp³-hybridized carbons (Fsp3) is 0.211. The van der Waals surface area contributed by atoms with Crippen molar-refractivity contribution in [3.05, 3.63) is 71.9 Å². The number of halogens is 2. The molecule has 0 unspecified atom stereocenters. The molecule has 2 aromatic carbocycles. The first kappa shape index (κ1) is 17.1. The SMILES string of the molecule is O=C(CCn1ccc2ccccc21)NC[C@@H](O)c1ccc(F)c(F)c1. The Balaban J connectivity index is 1.51. The lowest BCUT2D eigenvalue weighted by molar-refractivity contribution is -0.121. The molecule has 3 rings (SSSR count). The molecule has 25 heavy (non-hydrogen) atoms. The number of rotatable bonds is 6. The van der Waals surface area contributed by atoms with E-state index in [0.29, 0.717) is 6.54 Å². The highest BCUT2D eigenvalue weighted by Gasteiger charge is 2.12. The molecule has 0 aliphatic rings. The van der Waals surface area contributed by atoms with Gasteiger partial charge in [0.05, 0.1) is 6.10 Å². The summed E-state index contributed by atoms with van der Waals surface area (Å²) in [6.45, 7) is 0.455. The minimum atomic E-state index is -1.09. The second-order valence-electron chi connectivity index (χ2n) is 5.81. The Hall–Kier alpha value is -2.73. The van der Waals surface area contributed by atoms with Crippen molar-refractivity contribution in [2.75, 3.05) is 6.54 Å². The van der Waals surface area contributed by atoms with Crippen LogP contribution in [-0.2, 0) is 11.3 Å². The van der Waals surface area contributed by atoms with E-state index in [9.17, 15) is 18.7 Å². The van der Waals surface area contributed by atoms with Crippen molar-refractivity contribution in [3.63, 3.8) is 0 Å². The summed E-state index contributed by atoms with van der Waals surface area (Å²) >= 11 is 0. The van der Waals surface area contributed by atoms with Gasteiger partial charge in [-0.2, -0.15) is 0 Å². The van der Waals surface area contributed by atoms with Crippen LogP contribution in [0.2, 0.25) is 0 Å². The zero-order valence-corrected chi connectivity index (χ0v) is 13.5. The third kappa shape index (κ3) is 4.03. The summed E-state index contributed by atoms with van der Waals surface area (Å²) in [5.74, 6) is -2.22. The predicted molar refractivity (Wildman–Crippen MR) is 90.9 cm³/mol. The standard InChI is InChI=1S/C19H18F2N2O2/c20-15-6-5-14(11-16(15)21)18(24)12-22-19(25)8-10-23-9-7-13-3-1-2-4-17(13)23/h1-7,9,11,18,24H,8,10,12H2,(H,22,25)/t18-/m1/s1. The van der Waals surface area contributed by atoms with Crippen LogP contribution in [0.5, 0.6) is 0 Å². The van der Waals surface area contributed by atoms with Crippen molar-refractivity contribution in [2.45, 2.75) is 19.1 Å². The van der Waals surface area contributed by atoms with Gasteiger partial charge in [0.15, 0.2) is 11.6 Å². The summed E-state index contributed by atoms with van der Waals surface area (Å²) in [5.41, 5.74) is 1.27. The molecule has 0 saturated heterocycles. The molecule has 6 heteroatoms. The topological polar surface area (TPSA) is 54.3 Å². The summed E-state index contributed by atoms with van der Waals surface area (Å²) in [6.07, 6.45) is 1.09. The van der Waals surface area contributed by atoms with Crippen LogP contribution in [0.1, 0.15) is 18.1 Å². The van der Waals surface area contributed by atoms with Crippen LogP contribution in [0, 0.1) is 11.6 Å². The molecule has 1 heterocycles. The fourth-order valence-electron chi connectivity index (χ4n) is 2.69. The molecule has 3 aromatic rings. The number of carbonyl (C=O) groups is 1. The Kier molecular flexibility index (Phi) is 5.09. The summed E-state index contributed by atoms with van der Waals surface area (Å²) < 4.78 is 28.0. The van der Waals surface area contributed by atoms with Crippen LogP contribution < -0.4 is 5.32 Å². The van der Waals surface area contributed by atoms with Gasteiger partial charge in [-0.05, 0) is 35.2 Å². The van der Waals surface area contributed by atoms with E-state index in [2.05, 4.69) is 5.32 Å². The molecule has 1 aromatic heterocycles. The number of amides is 1. The summed E-state index contributed by atoms with van der Waals surface area (Å²) in [6, 6.07) is 13.0. The molecular weight excluding hydrogens is 326 g/mol. The molecule has 0 aliphatic heterocycles. The first-order valence-corrected chi connectivity index (χ1v) is 7.98. The summed E-state index contributed by atoms with van der Waals surface area (Å²) in [5, 5.41) is 13.7. The van der Waals surface area contributed by atoms with Crippen LogP contribution in [0.4, 0.5) is 8.78 Å². The van der Waals surface area contributed by atoms with Crippen molar-refractivity contribution in [3.8, 4) is 0 Å². The quantitative estimate of drug-likeness (QED) is 0.722. The number of aliphatic hydroxyl groups excluding tert-OH is 1. The van der Waals surface area contributed by atoms with E-state index in [1.165, 1.54) is 6.07 Å². The van der Waals surface area contributed by atoms with Crippen LogP contribution in [0.3, 0.4) is 0 Å². The molecule has 1 atom stereocenters. The molecule has 130 valence electrons. The monoisotopic (exact) mass is 344 g/mol. The van der Waals surface area contributed by atoms with Crippen LogP contribution >= 0.6 is 0 Å². The number of nitrogens with one attached hydrogen (secondary N) is 1. The average molecular weight is 344 g/mol. The number of fused-ring (bicyclic) bond motifs is 1. The van der Waals surface area contributed by atoms with Crippen molar-refractivity contribution in [2.24, 2.45) is 0 Å². The second-order valence-corrected chi connectivity index (χ2v) is 5.81. The molecule has 0 bridgehead atoms. The lowest BCUT2D eigenvalue weighted by atomic mass is 10.1. The molecule has 1 amide bonds. The Morgan fingerprint density at radius 3 is 2.72 bits per heavy atom. The highest BCUT2D eigenvalue weighted by atomic mass is 19.2. The highest BCUT2D eigenvalue weighted by molar-refractivity contribution is 5.80. The van der Waals surface area contributed by atoms with Gasteiger partial charge in [0.2, 0.25) is 5.91 Å². The third-order valence-electron chi connectivity index (χ3n) is 4.08. The third-order valence-corrected chi connectivity index (χ3v) is 4.08. The minimum absolute atomic E-state index is 0.0592. The zero-order valence-electron chi connectivity index (χ0n) is 13.5. The van der Waals surface area contributed by atoms with E-state index < -0.39 is 17.7 Å². The molecule has 0 aliphatic carbocycles. The van der Waals surface area contributed by atoms with Gasteiger partial charge >= 0.3 is 0 Å². The summed E-state index contributed by atoms with van der Waals surface area (Å²) in [7, 11) is 0. The zero-order chi connectivity index (χ0) is 17.8. The number of aromatic nitrogens is 1. The first-order valence-electron chi connectivity index (χ1n) is 7.98. The van der Waals surface area contributed by atoms with Gasteiger partial charge in [-0.15, -0.1) is 0 Å². The average Bonchev–Trinajstić information content (AvgIpc) is 3.03. The number of benzene rings is 2. The maximum absolute atomic E-state index is 13.2. The fourth-order valence-corrected chi connectivity index (χ4v) is 2.69. The Morgan fingerprint density at radius 2 is 1.92 bits per heavy atom. The van der Waals surface area contributed by atoms with E-state index in [0.717, 1.165) is 23.0 Å². The maximum Gasteiger partial charge on any atom is 0.221 e. The predicted octanol–water partition coefficient (Wildman–Crippen LogP) is 3.16. The maximum atomic E-state index is 13.2. The molecular formula is C19H18F2N2O2. The number of nitrogens with zero attached hydrogens (tertiary/aromatic N) is 1. The first-order chi connectivity index (χ1) is 12.0. The molecule has 0 radical (unpaired) electrons. The minimum Gasteiger partial charge on any atom is -0.387 e. The molecule has 0 fully saturated rings. The molecule has 0 spiro atoms. The normalized spacial score (nSPS) is 12.3. The molecule has 0 saturated carbocycles. The number of carbonyl (C=O) groups excluding carboxylic acids is 1. The van der Waals surface area contributed by atoms with Gasteiger partial charge in [0.1, 0.15) is 0 Å². The largest absolute Gasteiger partial charge is 0.387 e. The van der Waals surface area contributed by atoms with Crippen LogP contribution in [0.25, 0.3) is 10.9 Å². The van der Waals surface area contributed by atoms with Gasteiger partial charge in [0.25, 0.3) is 0 Å². The van der Waals surface area contributed by atoms with E-state index in [1.807, 2.05) is 41.1 Å². The lowest BCUT2D eigenvalue weighted by Gasteiger charge is -2.13. The Morgan fingerprint density at radius 1 is 1.12 bits per heavy atom. The highest BCUT2D eigenvalue weighted by Crippen LogP contribution is 2.16. The van der Waals surface area contributed by atoms with E-state index >= 15 is 0 Å². The Labute approximate surface area is 143 Å². The number of para-hydroxylation sites is 1. The van der Waals surface area contributed by atoms with Crippen LogP contribution in [-0.4, -0.2) is 22.1 Å². The number of hydrogen-bond donors (Lipinski definition) is 2. The van der Waals surface area contributed by atoms with E-state index in [-0.39, 0.29) is 24.4 Å². The van der Waals surface area contributed by atoms with Crippen molar-refractivity contribution < 1.29 is 18.7 Å². The molecule has 4 nitrogen and oxygen atoms in total. The number of aryl methyl sites for hydroxylation is 1. The van der Waals surface area contributed by atoms with E-state index in [1.54, 1.807) is 0 Å². The molecule has 2 N–H and O–H groups in total. The van der Waals surface area contributed by atoms with Gasteiger partial charge in [0, 0.05) is 31.2 Å². The van der Waals surface area contributed by atoms with Crippen LogP contribution in [0.15, 0.2) is 54.7 Å². The van der Waals surface area contributed by atoms with Gasteiger partial charge in [-0.25, -0.2) is 8.78 Å². The van der Waals surface area contributed by atoms with Crippen molar-refractivity contribution in [1.29, 1.82) is 0 Å². The van der Waals surface area contributed by atoms with Gasteiger partial charge < -0.3 is 15.0 Å². The summed E-state index contributed by atoms with van der Waals surface area (Å²) in [4.78, 5) is 12.0. The van der Waals surface area contributed by atoms with Crippen molar-refractivity contribution in [1.82, 2.24) is 9.88 Å². The van der Waals surface area contributed by atoms with Gasteiger partial charge in [-0.3, -0.25) is 4.79 Å². The Bertz CT molecular complexity index is 892. The number of hydrogen-bond acceptors (Lipinski definition) is 2.